The monoisotopic (exact) mass is 360 g/mol. The Morgan fingerprint density at radius 3 is 2.27 bits per heavy atom. The number of morpholine rings is 1. The number of carbonyl (C=O) groups excluding carboxylic acids is 2. The number of amides is 3. The van der Waals surface area contributed by atoms with Gasteiger partial charge in [-0.25, -0.2) is 4.79 Å². The minimum atomic E-state index is -0.00659. The molecule has 1 aromatic carbocycles. The Bertz CT molecular complexity index is 596. The summed E-state index contributed by atoms with van der Waals surface area (Å²) < 4.78 is 5.30. The normalized spacial score (nSPS) is 19.9. The van der Waals surface area contributed by atoms with E-state index in [1.807, 2.05) is 47.1 Å². The van der Waals surface area contributed by atoms with Crippen LogP contribution in [0, 0.1) is 0 Å². The van der Waals surface area contributed by atoms with Crippen LogP contribution >= 0.6 is 0 Å². The average Bonchev–Trinajstić information content (AvgIpc) is 2.69. The smallest absolute Gasteiger partial charge is 0.320 e. The van der Waals surface area contributed by atoms with Crippen LogP contribution in [0.2, 0.25) is 0 Å². The van der Waals surface area contributed by atoms with Gasteiger partial charge in [0.25, 0.3) is 0 Å². The van der Waals surface area contributed by atoms with Crippen molar-refractivity contribution >= 4 is 11.9 Å². The Labute approximate surface area is 154 Å². The molecule has 26 heavy (non-hydrogen) atoms. The number of benzene rings is 1. The van der Waals surface area contributed by atoms with Gasteiger partial charge in [0.2, 0.25) is 5.91 Å². The van der Waals surface area contributed by atoms with Crippen LogP contribution < -0.4 is 5.32 Å². The first-order chi connectivity index (χ1) is 12.6. The van der Waals surface area contributed by atoms with Crippen molar-refractivity contribution in [3.8, 4) is 0 Å². The van der Waals surface area contributed by atoms with E-state index in [1.54, 1.807) is 0 Å². The zero-order valence-corrected chi connectivity index (χ0v) is 15.4. The summed E-state index contributed by atoms with van der Waals surface area (Å²) >= 11 is 0. The van der Waals surface area contributed by atoms with Crippen LogP contribution in [0.4, 0.5) is 4.79 Å². The summed E-state index contributed by atoms with van der Waals surface area (Å²) in [7, 11) is 0. The van der Waals surface area contributed by atoms with Crippen molar-refractivity contribution in [2.24, 2.45) is 0 Å². The van der Waals surface area contributed by atoms with E-state index in [-0.39, 0.29) is 18.0 Å². The van der Waals surface area contributed by atoms with Crippen LogP contribution in [0.5, 0.6) is 0 Å². The van der Waals surface area contributed by atoms with Crippen LogP contribution in [0.1, 0.15) is 18.5 Å². The molecule has 3 rings (SSSR count). The van der Waals surface area contributed by atoms with Gasteiger partial charge in [-0.1, -0.05) is 30.3 Å². The first-order valence-electron chi connectivity index (χ1n) is 9.32. The van der Waals surface area contributed by atoms with Gasteiger partial charge >= 0.3 is 6.03 Å². The summed E-state index contributed by atoms with van der Waals surface area (Å²) in [6.07, 6.45) is 0. The third-order valence-corrected chi connectivity index (χ3v) is 4.97. The molecule has 2 saturated heterocycles. The molecule has 0 radical (unpaired) electrons. The molecule has 7 nitrogen and oxygen atoms in total. The van der Waals surface area contributed by atoms with E-state index < -0.39 is 0 Å². The Kier molecular flexibility index (Phi) is 6.46. The summed E-state index contributed by atoms with van der Waals surface area (Å²) in [5, 5.41) is 3.05. The molecule has 1 aromatic rings. The predicted octanol–water partition coefficient (Wildman–Crippen LogP) is 0.934. The van der Waals surface area contributed by atoms with Crippen LogP contribution in [-0.2, 0) is 9.53 Å². The van der Waals surface area contributed by atoms with Gasteiger partial charge in [0, 0.05) is 39.3 Å². The first kappa shape index (κ1) is 18.7. The fourth-order valence-electron chi connectivity index (χ4n) is 3.37. The highest BCUT2D eigenvalue weighted by Crippen LogP contribution is 2.11. The number of nitrogens with zero attached hydrogens (tertiary/aromatic N) is 3. The molecule has 0 saturated carbocycles. The van der Waals surface area contributed by atoms with Crippen LogP contribution in [-0.4, -0.2) is 85.7 Å². The third kappa shape index (κ3) is 4.95. The second-order valence-electron chi connectivity index (χ2n) is 6.85. The minimum Gasteiger partial charge on any atom is -0.378 e. The van der Waals surface area contributed by atoms with E-state index >= 15 is 0 Å². The molecule has 7 heteroatoms. The molecule has 1 N–H and O–H groups in total. The average molecular weight is 360 g/mol. The maximum Gasteiger partial charge on any atom is 0.320 e. The maximum atomic E-state index is 12.5. The second-order valence-corrected chi connectivity index (χ2v) is 6.85. The van der Waals surface area contributed by atoms with Gasteiger partial charge in [-0.3, -0.25) is 9.69 Å². The Balaban J connectivity index is 1.40. The second kappa shape index (κ2) is 9.00. The molecule has 2 aliphatic heterocycles. The van der Waals surface area contributed by atoms with Crippen molar-refractivity contribution in [1.82, 2.24) is 20.0 Å². The number of hydrogen-bond acceptors (Lipinski definition) is 4. The Morgan fingerprint density at radius 1 is 1.00 bits per heavy atom. The molecule has 0 aliphatic carbocycles. The lowest BCUT2D eigenvalue weighted by molar-refractivity contribution is -0.123. The molecule has 142 valence electrons. The van der Waals surface area contributed by atoms with E-state index in [2.05, 4.69) is 10.2 Å². The van der Waals surface area contributed by atoms with Gasteiger partial charge < -0.3 is 19.9 Å². The van der Waals surface area contributed by atoms with E-state index in [0.29, 0.717) is 45.9 Å². The Morgan fingerprint density at radius 2 is 1.62 bits per heavy atom. The number of carbonyl (C=O) groups is 2. The maximum absolute atomic E-state index is 12.5. The van der Waals surface area contributed by atoms with Crippen molar-refractivity contribution in [3.05, 3.63) is 35.9 Å². The quantitative estimate of drug-likeness (QED) is 0.868. The molecular weight excluding hydrogens is 332 g/mol. The number of hydrogen-bond donors (Lipinski definition) is 1. The SMILES string of the molecule is CC(NC(=O)CN1CCN(C(=O)N2CCOCC2)CC1)c1ccccc1. The lowest BCUT2D eigenvalue weighted by Gasteiger charge is -2.38. The van der Waals surface area contributed by atoms with Crippen molar-refractivity contribution in [3.63, 3.8) is 0 Å². The van der Waals surface area contributed by atoms with Gasteiger partial charge in [-0.05, 0) is 12.5 Å². The van der Waals surface area contributed by atoms with Crippen LogP contribution in [0.25, 0.3) is 0 Å². The highest BCUT2D eigenvalue weighted by atomic mass is 16.5. The third-order valence-electron chi connectivity index (χ3n) is 4.97. The highest BCUT2D eigenvalue weighted by molar-refractivity contribution is 5.78. The number of piperazine rings is 1. The van der Waals surface area contributed by atoms with E-state index in [4.69, 9.17) is 4.74 Å². The summed E-state index contributed by atoms with van der Waals surface area (Å²) in [5.74, 6) is 0.0225. The first-order valence-corrected chi connectivity index (χ1v) is 9.32. The van der Waals surface area contributed by atoms with Crippen molar-refractivity contribution < 1.29 is 14.3 Å². The van der Waals surface area contributed by atoms with Crippen LogP contribution in [0.3, 0.4) is 0 Å². The summed E-state index contributed by atoms with van der Waals surface area (Å²) in [6.45, 7) is 7.71. The van der Waals surface area contributed by atoms with Gasteiger partial charge in [0.1, 0.15) is 0 Å². The summed E-state index contributed by atoms with van der Waals surface area (Å²) in [5.41, 5.74) is 1.10. The van der Waals surface area contributed by atoms with E-state index in [0.717, 1.165) is 18.7 Å². The lowest BCUT2D eigenvalue weighted by atomic mass is 10.1. The molecular formula is C19H28N4O3. The summed E-state index contributed by atoms with van der Waals surface area (Å²) in [6, 6.07) is 10.0. The molecule has 2 aliphatic rings. The Hall–Kier alpha value is -2.12. The zero-order valence-electron chi connectivity index (χ0n) is 15.4. The molecule has 0 spiro atoms. The number of rotatable bonds is 4. The van der Waals surface area contributed by atoms with Gasteiger partial charge in [-0.2, -0.15) is 0 Å². The van der Waals surface area contributed by atoms with E-state index in [9.17, 15) is 9.59 Å². The van der Waals surface area contributed by atoms with Gasteiger partial charge in [0.15, 0.2) is 0 Å². The number of urea groups is 1. The van der Waals surface area contributed by atoms with Gasteiger partial charge in [-0.15, -0.1) is 0 Å². The molecule has 3 amide bonds. The predicted molar refractivity (Wildman–Crippen MR) is 98.8 cm³/mol. The summed E-state index contributed by atoms with van der Waals surface area (Å²) in [4.78, 5) is 30.6. The number of ether oxygens (including phenoxy) is 1. The standard InChI is InChI=1S/C19H28N4O3/c1-16(17-5-3-2-4-6-17)20-18(24)15-21-7-9-22(10-8-21)19(25)23-11-13-26-14-12-23/h2-6,16H,7-15H2,1H3,(H,20,24). The zero-order chi connectivity index (χ0) is 18.4. The van der Waals surface area contributed by atoms with Crippen molar-refractivity contribution in [2.75, 3.05) is 59.0 Å². The largest absolute Gasteiger partial charge is 0.378 e. The fourth-order valence-corrected chi connectivity index (χ4v) is 3.37. The minimum absolute atomic E-state index is 0.00659. The number of nitrogens with one attached hydrogen (secondary N) is 1. The van der Waals surface area contributed by atoms with Gasteiger partial charge in [0.05, 0.1) is 25.8 Å². The molecule has 2 heterocycles. The molecule has 0 bridgehead atoms. The van der Waals surface area contributed by atoms with Crippen LogP contribution in [0.15, 0.2) is 30.3 Å². The fraction of sp³-hybridized carbons (Fsp3) is 0.579. The molecule has 1 atom stereocenters. The molecule has 1 unspecified atom stereocenters. The topological polar surface area (TPSA) is 65.1 Å². The van der Waals surface area contributed by atoms with Crippen molar-refractivity contribution in [1.29, 1.82) is 0 Å². The highest BCUT2D eigenvalue weighted by Gasteiger charge is 2.27. The van der Waals surface area contributed by atoms with E-state index in [1.165, 1.54) is 0 Å². The lowest BCUT2D eigenvalue weighted by Crippen LogP contribution is -2.55. The van der Waals surface area contributed by atoms with Crippen molar-refractivity contribution in [2.45, 2.75) is 13.0 Å². The molecule has 0 aromatic heterocycles. The molecule has 2 fully saturated rings.